The molecule has 1 fully saturated rings. The standard InChI is InChI=1S/C25H25FN2O11P2/c1-14-3-5-19-16(7-14)11-33-40(31,37-19)35-13-22-21(9-23(36-22)28-10-18(26)24(29)27-25(28)30)39-41(32)34-12-17-8-15(2)4-6-20(17)38-41/h3-8,10,21-23H,9,11-13H2,1-2H3,(H,27,29,30)/t21-,22+,23+,40?,41?/m0/s1. The van der Waals surface area contributed by atoms with E-state index < -0.39 is 57.8 Å². The van der Waals surface area contributed by atoms with Crippen LogP contribution in [0, 0.1) is 19.7 Å². The van der Waals surface area contributed by atoms with Gasteiger partial charge in [0.1, 0.15) is 29.9 Å². The summed E-state index contributed by atoms with van der Waals surface area (Å²) in [4.78, 5) is 25.8. The van der Waals surface area contributed by atoms with Gasteiger partial charge in [-0.3, -0.25) is 32.4 Å². The van der Waals surface area contributed by atoms with Crippen LogP contribution >= 0.6 is 15.6 Å². The molecule has 0 spiro atoms. The summed E-state index contributed by atoms with van der Waals surface area (Å²) in [6.45, 7) is 3.24. The zero-order valence-electron chi connectivity index (χ0n) is 21.8. The Morgan fingerprint density at radius 2 is 1.59 bits per heavy atom. The molecular formula is C25H25FN2O11P2. The van der Waals surface area contributed by atoms with Gasteiger partial charge in [-0.1, -0.05) is 35.4 Å². The minimum Gasteiger partial charge on any atom is -0.404 e. The van der Waals surface area contributed by atoms with Gasteiger partial charge in [0.05, 0.1) is 26.0 Å². The van der Waals surface area contributed by atoms with Crippen LogP contribution in [0.5, 0.6) is 11.5 Å². The van der Waals surface area contributed by atoms with Crippen molar-refractivity contribution in [2.75, 3.05) is 6.61 Å². The van der Waals surface area contributed by atoms with Crippen molar-refractivity contribution in [1.29, 1.82) is 0 Å². The van der Waals surface area contributed by atoms with Crippen molar-refractivity contribution < 1.29 is 45.4 Å². The van der Waals surface area contributed by atoms with Crippen molar-refractivity contribution in [2.45, 2.75) is 51.9 Å². The van der Waals surface area contributed by atoms with Gasteiger partial charge in [0.25, 0.3) is 5.56 Å². The van der Waals surface area contributed by atoms with E-state index in [4.69, 9.17) is 31.9 Å². The predicted molar refractivity (Wildman–Crippen MR) is 139 cm³/mol. The quantitative estimate of drug-likeness (QED) is 0.395. The average Bonchev–Trinajstić information content (AvgIpc) is 3.31. The predicted octanol–water partition coefficient (Wildman–Crippen LogP) is 4.42. The van der Waals surface area contributed by atoms with E-state index in [1.807, 2.05) is 31.0 Å². The van der Waals surface area contributed by atoms with Gasteiger partial charge >= 0.3 is 21.3 Å². The third-order valence-electron chi connectivity index (χ3n) is 6.69. The molecule has 3 aliphatic heterocycles. The Hall–Kier alpha value is -3.09. The molecule has 0 saturated carbocycles. The van der Waals surface area contributed by atoms with E-state index in [-0.39, 0.29) is 19.6 Å². The van der Waals surface area contributed by atoms with Crippen molar-refractivity contribution in [1.82, 2.24) is 9.55 Å². The summed E-state index contributed by atoms with van der Waals surface area (Å²) in [6, 6.07) is 10.5. The second-order valence-corrected chi connectivity index (χ2v) is 12.9. The second-order valence-electron chi connectivity index (χ2n) is 9.79. The van der Waals surface area contributed by atoms with E-state index in [1.165, 1.54) is 0 Å². The van der Waals surface area contributed by atoms with E-state index in [0.717, 1.165) is 15.7 Å². The van der Waals surface area contributed by atoms with Crippen molar-refractivity contribution in [3.05, 3.63) is 91.5 Å². The maximum atomic E-state index is 14.0. The summed E-state index contributed by atoms with van der Waals surface area (Å²) in [5.74, 6) is -0.568. The van der Waals surface area contributed by atoms with Gasteiger partial charge in [-0.25, -0.2) is 13.9 Å². The molecule has 3 aliphatic rings. The number of aryl methyl sites for hydroxylation is 2. The number of hydrogen-bond donors (Lipinski definition) is 1. The van der Waals surface area contributed by atoms with E-state index in [0.29, 0.717) is 28.8 Å². The number of nitrogens with zero attached hydrogens (tertiary/aromatic N) is 1. The topological polar surface area (TPSA) is 154 Å². The van der Waals surface area contributed by atoms with Crippen molar-refractivity contribution in [2.24, 2.45) is 0 Å². The zero-order valence-corrected chi connectivity index (χ0v) is 23.6. The van der Waals surface area contributed by atoms with Crippen molar-refractivity contribution in [3.8, 4) is 11.5 Å². The molecule has 1 N–H and O–H groups in total. The Bertz CT molecular complexity index is 1720. The molecule has 1 aromatic heterocycles. The zero-order chi connectivity index (χ0) is 28.9. The van der Waals surface area contributed by atoms with Crippen LogP contribution in [-0.2, 0) is 45.2 Å². The molecule has 2 aromatic carbocycles. The number of phosphoric acid groups is 2. The molecule has 2 unspecified atom stereocenters. The first kappa shape index (κ1) is 28.0. The Morgan fingerprint density at radius 1 is 0.976 bits per heavy atom. The number of halogens is 1. The second kappa shape index (κ2) is 10.6. The fraction of sp³-hybridized carbons (Fsp3) is 0.360. The Balaban J connectivity index is 1.23. The Labute approximate surface area is 232 Å². The van der Waals surface area contributed by atoms with Crippen LogP contribution in [0.15, 0.2) is 52.2 Å². The summed E-state index contributed by atoms with van der Waals surface area (Å²) in [5.41, 5.74) is 1.15. The van der Waals surface area contributed by atoms with Gasteiger partial charge in [0.2, 0.25) is 5.82 Å². The molecule has 41 heavy (non-hydrogen) atoms. The molecule has 0 bridgehead atoms. The number of aromatic nitrogens is 2. The fourth-order valence-corrected chi connectivity index (χ4v) is 7.32. The minimum absolute atomic E-state index is 0.0236. The van der Waals surface area contributed by atoms with Crippen LogP contribution in [0.25, 0.3) is 0 Å². The number of ether oxygens (including phenoxy) is 1. The lowest BCUT2D eigenvalue weighted by atomic mass is 10.1. The largest absolute Gasteiger partial charge is 0.530 e. The summed E-state index contributed by atoms with van der Waals surface area (Å²) < 4.78 is 80.7. The lowest BCUT2D eigenvalue weighted by molar-refractivity contribution is -0.0477. The van der Waals surface area contributed by atoms with Crippen LogP contribution in [0.1, 0.15) is 34.9 Å². The van der Waals surface area contributed by atoms with Gasteiger partial charge in [-0.15, -0.1) is 0 Å². The molecule has 0 amide bonds. The van der Waals surface area contributed by atoms with Crippen molar-refractivity contribution >= 4 is 15.6 Å². The smallest absolute Gasteiger partial charge is 0.404 e. The fourth-order valence-electron chi connectivity index (χ4n) is 4.66. The van der Waals surface area contributed by atoms with Gasteiger partial charge in [0, 0.05) is 17.5 Å². The van der Waals surface area contributed by atoms with E-state index >= 15 is 0 Å². The maximum Gasteiger partial charge on any atom is 0.530 e. The number of aromatic amines is 1. The molecule has 13 nitrogen and oxygen atoms in total. The van der Waals surface area contributed by atoms with E-state index in [9.17, 15) is 23.1 Å². The number of nitrogens with one attached hydrogen (secondary N) is 1. The average molecular weight is 610 g/mol. The third kappa shape index (κ3) is 5.82. The molecule has 3 aromatic rings. The highest BCUT2D eigenvalue weighted by Crippen LogP contribution is 2.58. The first-order chi connectivity index (χ1) is 19.5. The summed E-state index contributed by atoms with van der Waals surface area (Å²) >= 11 is 0. The molecular weight excluding hydrogens is 585 g/mol. The normalized spacial score (nSPS) is 28.8. The highest BCUT2D eigenvalue weighted by atomic mass is 31.2. The Kier molecular flexibility index (Phi) is 7.27. The van der Waals surface area contributed by atoms with Gasteiger partial charge in [-0.05, 0) is 26.0 Å². The lowest BCUT2D eigenvalue weighted by Crippen LogP contribution is -2.34. The van der Waals surface area contributed by atoms with E-state index in [2.05, 4.69) is 0 Å². The molecule has 218 valence electrons. The number of H-pyrrole nitrogens is 1. The molecule has 4 heterocycles. The maximum absolute atomic E-state index is 14.0. The van der Waals surface area contributed by atoms with E-state index in [1.54, 1.807) is 24.3 Å². The number of rotatable bonds is 6. The number of benzene rings is 2. The first-order valence-corrected chi connectivity index (χ1v) is 15.5. The molecule has 5 atom stereocenters. The molecule has 16 heteroatoms. The van der Waals surface area contributed by atoms with Crippen LogP contribution < -0.4 is 20.3 Å². The molecule has 1 saturated heterocycles. The molecule has 0 aliphatic carbocycles. The number of phosphoric ester groups is 2. The molecule has 6 rings (SSSR count). The Morgan fingerprint density at radius 3 is 2.24 bits per heavy atom. The number of fused-ring (bicyclic) bond motifs is 2. The highest BCUT2D eigenvalue weighted by molar-refractivity contribution is 7.49. The SMILES string of the molecule is Cc1ccc2c(c1)COP(=O)(OC[C@H]1O[C@@H](n3cc(F)c(=O)[nH]c3=O)C[C@@H]1OP1(=O)OCc3cc(C)ccc3O1)O2. The minimum atomic E-state index is -4.20. The number of hydrogen-bond acceptors (Lipinski definition) is 11. The van der Waals surface area contributed by atoms with Crippen LogP contribution in [0.4, 0.5) is 4.39 Å². The first-order valence-electron chi connectivity index (χ1n) is 12.6. The van der Waals surface area contributed by atoms with Gasteiger partial charge < -0.3 is 13.8 Å². The van der Waals surface area contributed by atoms with Crippen LogP contribution in [0.2, 0.25) is 0 Å². The van der Waals surface area contributed by atoms with Crippen LogP contribution in [-0.4, -0.2) is 28.4 Å². The lowest BCUT2D eigenvalue weighted by Gasteiger charge is -2.29. The highest BCUT2D eigenvalue weighted by Gasteiger charge is 2.47. The summed E-state index contributed by atoms with van der Waals surface area (Å²) in [5, 5.41) is 0. The monoisotopic (exact) mass is 610 g/mol. The van der Waals surface area contributed by atoms with Gasteiger partial charge in [-0.2, -0.15) is 4.39 Å². The van der Waals surface area contributed by atoms with Gasteiger partial charge in [0.15, 0.2) is 0 Å². The van der Waals surface area contributed by atoms with Crippen LogP contribution in [0.3, 0.4) is 0 Å². The summed E-state index contributed by atoms with van der Waals surface area (Å²) in [6.07, 6.45) is -2.90. The van der Waals surface area contributed by atoms with Crippen molar-refractivity contribution in [3.63, 3.8) is 0 Å². The third-order valence-corrected chi connectivity index (χ3v) is 9.41. The molecule has 0 radical (unpaired) electrons. The summed E-state index contributed by atoms with van der Waals surface area (Å²) in [7, 11) is -8.31.